The van der Waals surface area contributed by atoms with Crippen molar-refractivity contribution in [3.8, 4) is 0 Å². The van der Waals surface area contributed by atoms with Gasteiger partial charge in [-0.1, -0.05) is 13.8 Å². The molecule has 0 N–H and O–H groups in total. The molecule has 1 saturated heterocycles. The highest BCUT2D eigenvalue weighted by Crippen LogP contribution is 2.17. The van der Waals surface area contributed by atoms with Crippen LogP contribution in [0.1, 0.15) is 40.5 Å². The molecule has 0 radical (unpaired) electrons. The van der Waals surface area contributed by atoms with Crippen LogP contribution in [0.15, 0.2) is 0 Å². The molecule has 0 aromatic rings. The summed E-state index contributed by atoms with van der Waals surface area (Å²) in [6.07, 6.45) is 2.75. The van der Waals surface area contributed by atoms with Crippen LogP contribution in [-0.4, -0.2) is 48.6 Å². The van der Waals surface area contributed by atoms with E-state index in [9.17, 15) is 0 Å². The van der Waals surface area contributed by atoms with Crippen molar-refractivity contribution in [1.29, 1.82) is 0 Å². The molecule has 1 aliphatic heterocycles. The van der Waals surface area contributed by atoms with Crippen LogP contribution in [0.25, 0.3) is 0 Å². The van der Waals surface area contributed by atoms with E-state index in [1.54, 1.807) is 0 Å². The first-order valence-corrected chi connectivity index (χ1v) is 6.45. The second-order valence-corrected chi connectivity index (χ2v) is 5.72. The first kappa shape index (κ1) is 13.0. The average Bonchev–Trinajstić information content (AvgIpc) is 2.17. The zero-order valence-corrected chi connectivity index (χ0v) is 11.2. The Bertz CT molecular complexity index is 177. The predicted octanol–water partition coefficient (Wildman–Crippen LogP) is 2.45. The molecule has 1 heterocycles. The first-order valence-electron chi connectivity index (χ1n) is 6.45. The van der Waals surface area contributed by atoms with E-state index < -0.39 is 0 Å². The molecule has 1 fully saturated rings. The maximum absolute atomic E-state index is 2.62. The fourth-order valence-corrected chi connectivity index (χ4v) is 2.54. The summed E-state index contributed by atoms with van der Waals surface area (Å²) in [7, 11) is 2.29. The molecule has 2 nitrogen and oxygen atoms in total. The highest BCUT2D eigenvalue weighted by atomic mass is 15.2. The van der Waals surface area contributed by atoms with E-state index in [-0.39, 0.29) is 0 Å². The van der Waals surface area contributed by atoms with Crippen LogP contribution in [0, 0.1) is 5.92 Å². The van der Waals surface area contributed by atoms with Crippen LogP contribution < -0.4 is 0 Å². The summed E-state index contributed by atoms with van der Waals surface area (Å²) in [5.74, 6) is 0.782. The zero-order chi connectivity index (χ0) is 11.4. The number of hydrogen-bond donors (Lipinski definition) is 0. The van der Waals surface area contributed by atoms with E-state index in [0.29, 0.717) is 6.04 Å². The molecular formula is C13H28N2. The number of likely N-dealkylation sites (tertiary alicyclic amines) is 1. The topological polar surface area (TPSA) is 6.48 Å². The van der Waals surface area contributed by atoms with Gasteiger partial charge in [0.05, 0.1) is 0 Å². The number of nitrogens with zero attached hydrogens (tertiary/aromatic N) is 2. The Hall–Kier alpha value is -0.0800. The van der Waals surface area contributed by atoms with Gasteiger partial charge in [0.2, 0.25) is 0 Å². The lowest BCUT2D eigenvalue weighted by molar-refractivity contribution is 0.0889. The maximum Gasteiger partial charge on any atom is 0.0220 e. The molecule has 0 aliphatic carbocycles. The molecule has 0 aromatic heterocycles. The number of rotatable bonds is 4. The molecular weight excluding hydrogens is 184 g/mol. The minimum Gasteiger partial charge on any atom is -0.302 e. The standard InChI is InChI=1S/C13H28N2/c1-11(2)9-14(5)13-7-6-8-15(10-13)12(3)4/h11-13H,6-10H2,1-5H3. The van der Waals surface area contributed by atoms with Gasteiger partial charge in [0.15, 0.2) is 0 Å². The summed E-state index contributed by atoms with van der Waals surface area (Å²) in [4.78, 5) is 5.17. The molecule has 1 unspecified atom stereocenters. The van der Waals surface area contributed by atoms with Crippen molar-refractivity contribution in [2.24, 2.45) is 5.92 Å². The summed E-state index contributed by atoms with van der Waals surface area (Å²) < 4.78 is 0. The molecule has 0 saturated carbocycles. The predicted molar refractivity (Wildman–Crippen MR) is 67.2 cm³/mol. The van der Waals surface area contributed by atoms with Crippen LogP contribution in [-0.2, 0) is 0 Å². The van der Waals surface area contributed by atoms with Crippen molar-refractivity contribution in [2.45, 2.75) is 52.6 Å². The van der Waals surface area contributed by atoms with Crippen LogP contribution >= 0.6 is 0 Å². The van der Waals surface area contributed by atoms with Gasteiger partial charge in [-0.25, -0.2) is 0 Å². The second-order valence-electron chi connectivity index (χ2n) is 5.72. The molecule has 2 heteroatoms. The van der Waals surface area contributed by atoms with Gasteiger partial charge in [-0.15, -0.1) is 0 Å². The van der Waals surface area contributed by atoms with Gasteiger partial charge >= 0.3 is 0 Å². The second kappa shape index (κ2) is 5.86. The molecule has 90 valence electrons. The monoisotopic (exact) mass is 212 g/mol. The van der Waals surface area contributed by atoms with E-state index in [4.69, 9.17) is 0 Å². The fraction of sp³-hybridized carbons (Fsp3) is 1.00. The van der Waals surface area contributed by atoms with Gasteiger partial charge in [0, 0.05) is 25.2 Å². The van der Waals surface area contributed by atoms with Crippen molar-refractivity contribution in [3.63, 3.8) is 0 Å². The third-order valence-electron chi connectivity index (χ3n) is 3.43. The Morgan fingerprint density at radius 1 is 1.27 bits per heavy atom. The smallest absolute Gasteiger partial charge is 0.0220 e. The highest BCUT2D eigenvalue weighted by molar-refractivity contribution is 4.81. The van der Waals surface area contributed by atoms with Crippen LogP contribution in [0.3, 0.4) is 0 Å². The first-order chi connectivity index (χ1) is 7.00. The molecule has 0 spiro atoms. The minimum atomic E-state index is 0.709. The van der Waals surface area contributed by atoms with Crippen molar-refractivity contribution in [3.05, 3.63) is 0 Å². The quantitative estimate of drug-likeness (QED) is 0.706. The molecule has 0 aromatic carbocycles. The lowest BCUT2D eigenvalue weighted by Gasteiger charge is -2.40. The van der Waals surface area contributed by atoms with E-state index >= 15 is 0 Å². The molecule has 0 bridgehead atoms. The Balaban J connectivity index is 2.41. The zero-order valence-electron chi connectivity index (χ0n) is 11.2. The van der Waals surface area contributed by atoms with Gasteiger partial charge in [0.1, 0.15) is 0 Å². The third kappa shape index (κ3) is 4.12. The molecule has 1 aliphatic rings. The summed E-state index contributed by atoms with van der Waals surface area (Å²) in [6.45, 7) is 13.0. The van der Waals surface area contributed by atoms with Crippen molar-refractivity contribution >= 4 is 0 Å². The normalized spacial score (nSPS) is 24.4. The Morgan fingerprint density at radius 3 is 2.47 bits per heavy atom. The summed E-state index contributed by atoms with van der Waals surface area (Å²) in [6, 6.07) is 1.49. The highest BCUT2D eigenvalue weighted by Gasteiger charge is 2.24. The van der Waals surface area contributed by atoms with E-state index in [2.05, 4.69) is 44.5 Å². The third-order valence-corrected chi connectivity index (χ3v) is 3.43. The van der Waals surface area contributed by atoms with Gasteiger partial charge in [-0.2, -0.15) is 0 Å². The molecule has 1 rings (SSSR count). The number of piperidine rings is 1. The van der Waals surface area contributed by atoms with Gasteiger partial charge in [0.25, 0.3) is 0 Å². The Morgan fingerprint density at radius 2 is 1.93 bits per heavy atom. The van der Waals surface area contributed by atoms with Crippen molar-refractivity contribution < 1.29 is 0 Å². The largest absolute Gasteiger partial charge is 0.302 e. The molecule has 0 amide bonds. The maximum atomic E-state index is 2.62. The lowest BCUT2D eigenvalue weighted by atomic mass is 10.0. The van der Waals surface area contributed by atoms with E-state index in [1.165, 1.54) is 32.5 Å². The Labute approximate surface area is 95.6 Å². The summed E-state index contributed by atoms with van der Waals surface area (Å²) in [5.41, 5.74) is 0. The lowest BCUT2D eigenvalue weighted by Crippen LogP contribution is -2.49. The van der Waals surface area contributed by atoms with Gasteiger partial charge in [-0.05, 0) is 46.2 Å². The SMILES string of the molecule is CC(C)CN(C)C1CCCN(C(C)C)C1. The van der Waals surface area contributed by atoms with Crippen LogP contribution in [0.5, 0.6) is 0 Å². The van der Waals surface area contributed by atoms with Gasteiger partial charge in [-0.3, -0.25) is 4.90 Å². The molecule has 1 atom stereocenters. The van der Waals surface area contributed by atoms with Crippen molar-refractivity contribution in [2.75, 3.05) is 26.7 Å². The Kier molecular flexibility index (Phi) is 5.07. The average molecular weight is 212 g/mol. The van der Waals surface area contributed by atoms with Crippen molar-refractivity contribution in [1.82, 2.24) is 9.80 Å². The molecule has 15 heavy (non-hydrogen) atoms. The minimum absolute atomic E-state index is 0.709. The van der Waals surface area contributed by atoms with E-state index in [0.717, 1.165) is 12.0 Å². The fourth-order valence-electron chi connectivity index (χ4n) is 2.54. The summed E-state index contributed by atoms with van der Waals surface area (Å²) in [5, 5.41) is 0. The van der Waals surface area contributed by atoms with Crippen LogP contribution in [0.4, 0.5) is 0 Å². The summed E-state index contributed by atoms with van der Waals surface area (Å²) >= 11 is 0. The number of hydrogen-bond acceptors (Lipinski definition) is 2. The van der Waals surface area contributed by atoms with Gasteiger partial charge < -0.3 is 4.90 Å². The van der Waals surface area contributed by atoms with Crippen LogP contribution in [0.2, 0.25) is 0 Å². The van der Waals surface area contributed by atoms with E-state index in [1.807, 2.05) is 0 Å². The number of likely N-dealkylation sites (N-methyl/N-ethyl adjacent to an activating group) is 1.